The summed E-state index contributed by atoms with van der Waals surface area (Å²) in [6, 6.07) is 7.08. The predicted molar refractivity (Wildman–Crippen MR) is 95.6 cm³/mol. The number of benzene rings is 1. The van der Waals surface area contributed by atoms with E-state index in [0.717, 1.165) is 18.6 Å². The molecule has 2 aromatic rings. The maximum absolute atomic E-state index is 13.1. The van der Waals surface area contributed by atoms with E-state index in [1.165, 1.54) is 17.0 Å². The molecule has 0 bridgehead atoms. The van der Waals surface area contributed by atoms with Gasteiger partial charge in [0.25, 0.3) is 0 Å². The SMILES string of the molecule is CN(Cc1cc(C2CC2)on1)C(=O)NC1CC(=O)N(c2ccc(F)cc2)C1. The molecule has 3 amide bonds. The quantitative estimate of drug-likeness (QED) is 0.875. The van der Waals surface area contributed by atoms with Crippen molar-refractivity contribution in [2.45, 2.75) is 37.8 Å². The van der Waals surface area contributed by atoms with Crippen molar-refractivity contribution in [1.29, 1.82) is 0 Å². The van der Waals surface area contributed by atoms with Gasteiger partial charge in [-0.15, -0.1) is 0 Å². The number of carbonyl (C=O) groups is 2. The molecule has 1 saturated carbocycles. The number of hydrogen-bond acceptors (Lipinski definition) is 4. The van der Waals surface area contributed by atoms with Crippen LogP contribution in [0.25, 0.3) is 0 Å². The van der Waals surface area contributed by atoms with Crippen molar-refractivity contribution in [3.8, 4) is 0 Å². The van der Waals surface area contributed by atoms with Gasteiger partial charge < -0.3 is 19.6 Å². The Hall–Kier alpha value is -2.90. The van der Waals surface area contributed by atoms with E-state index in [9.17, 15) is 14.0 Å². The van der Waals surface area contributed by atoms with Crippen molar-refractivity contribution in [2.75, 3.05) is 18.5 Å². The van der Waals surface area contributed by atoms with Crippen LogP contribution in [0, 0.1) is 5.82 Å². The van der Waals surface area contributed by atoms with E-state index in [4.69, 9.17) is 4.52 Å². The zero-order chi connectivity index (χ0) is 19.0. The van der Waals surface area contributed by atoms with Crippen LogP contribution in [-0.4, -0.2) is 41.6 Å². The summed E-state index contributed by atoms with van der Waals surface area (Å²) in [5, 5.41) is 6.89. The Bertz CT molecular complexity index is 847. The molecule has 142 valence electrons. The number of urea groups is 1. The Balaban J connectivity index is 1.32. The molecule has 0 spiro atoms. The van der Waals surface area contributed by atoms with Gasteiger partial charge in [-0.3, -0.25) is 4.79 Å². The maximum Gasteiger partial charge on any atom is 0.317 e. The van der Waals surface area contributed by atoms with Gasteiger partial charge in [-0.05, 0) is 37.1 Å². The molecule has 2 fully saturated rings. The van der Waals surface area contributed by atoms with Crippen molar-refractivity contribution >= 4 is 17.6 Å². The summed E-state index contributed by atoms with van der Waals surface area (Å²) < 4.78 is 18.4. The first-order chi connectivity index (χ1) is 13.0. The molecule has 1 N–H and O–H groups in total. The molecule has 1 atom stereocenters. The Labute approximate surface area is 156 Å². The molecular weight excluding hydrogens is 351 g/mol. The second-order valence-corrected chi connectivity index (χ2v) is 7.18. The van der Waals surface area contributed by atoms with Gasteiger partial charge in [-0.1, -0.05) is 5.16 Å². The van der Waals surface area contributed by atoms with E-state index in [1.807, 2.05) is 6.07 Å². The van der Waals surface area contributed by atoms with Crippen LogP contribution in [0.2, 0.25) is 0 Å². The van der Waals surface area contributed by atoms with E-state index in [2.05, 4.69) is 10.5 Å². The van der Waals surface area contributed by atoms with Gasteiger partial charge in [0.05, 0.1) is 12.6 Å². The number of halogens is 1. The first-order valence-electron chi connectivity index (χ1n) is 9.02. The minimum Gasteiger partial charge on any atom is -0.361 e. The molecule has 1 aliphatic carbocycles. The Morgan fingerprint density at radius 2 is 2.11 bits per heavy atom. The van der Waals surface area contributed by atoms with Gasteiger partial charge in [-0.2, -0.15) is 0 Å². The molecule has 1 aliphatic heterocycles. The molecule has 1 unspecified atom stereocenters. The number of amides is 3. The monoisotopic (exact) mass is 372 g/mol. The summed E-state index contributed by atoms with van der Waals surface area (Å²) >= 11 is 0. The molecule has 7 nitrogen and oxygen atoms in total. The van der Waals surface area contributed by atoms with Crippen LogP contribution < -0.4 is 10.2 Å². The zero-order valence-electron chi connectivity index (χ0n) is 15.0. The van der Waals surface area contributed by atoms with E-state index < -0.39 is 0 Å². The predicted octanol–water partition coefficient (Wildman–Crippen LogP) is 2.64. The molecular formula is C19H21FN4O3. The van der Waals surface area contributed by atoms with E-state index in [0.29, 0.717) is 30.4 Å². The smallest absolute Gasteiger partial charge is 0.317 e. The average molecular weight is 372 g/mol. The minimum atomic E-state index is -0.352. The lowest BCUT2D eigenvalue weighted by atomic mass is 10.2. The van der Waals surface area contributed by atoms with Crippen molar-refractivity contribution in [2.24, 2.45) is 0 Å². The number of aromatic nitrogens is 1. The molecule has 8 heteroatoms. The van der Waals surface area contributed by atoms with Gasteiger partial charge in [-0.25, -0.2) is 9.18 Å². The normalized spacial score (nSPS) is 19.4. The molecule has 2 heterocycles. The topological polar surface area (TPSA) is 78.7 Å². The largest absolute Gasteiger partial charge is 0.361 e. The summed E-state index contributed by atoms with van der Waals surface area (Å²) in [7, 11) is 1.68. The molecule has 2 aliphatic rings. The second kappa shape index (κ2) is 7.02. The molecule has 1 aromatic heterocycles. The number of nitrogens with one attached hydrogen (secondary N) is 1. The summed E-state index contributed by atoms with van der Waals surface area (Å²) in [6.07, 6.45) is 2.48. The lowest BCUT2D eigenvalue weighted by molar-refractivity contribution is -0.117. The van der Waals surface area contributed by atoms with E-state index >= 15 is 0 Å². The fraction of sp³-hybridized carbons (Fsp3) is 0.421. The van der Waals surface area contributed by atoms with Crippen LogP contribution in [0.15, 0.2) is 34.9 Å². The van der Waals surface area contributed by atoms with Gasteiger partial charge in [0, 0.05) is 37.7 Å². The van der Waals surface area contributed by atoms with Crippen LogP contribution >= 0.6 is 0 Å². The number of anilines is 1. The summed E-state index contributed by atoms with van der Waals surface area (Å²) in [5.41, 5.74) is 1.34. The third kappa shape index (κ3) is 3.94. The number of hydrogen-bond donors (Lipinski definition) is 1. The Kier molecular flexibility index (Phi) is 4.55. The van der Waals surface area contributed by atoms with E-state index in [1.54, 1.807) is 24.1 Å². The Morgan fingerprint density at radius 1 is 1.37 bits per heavy atom. The highest BCUT2D eigenvalue weighted by Crippen LogP contribution is 2.40. The van der Waals surface area contributed by atoms with Crippen LogP contribution in [0.1, 0.15) is 36.6 Å². The lowest BCUT2D eigenvalue weighted by Crippen LogP contribution is -2.44. The van der Waals surface area contributed by atoms with Crippen molar-refractivity contribution in [3.63, 3.8) is 0 Å². The van der Waals surface area contributed by atoms with Crippen molar-refractivity contribution < 1.29 is 18.5 Å². The third-order valence-electron chi connectivity index (χ3n) is 4.89. The summed E-state index contributed by atoms with van der Waals surface area (Å²) in [5.74, 6) is 0.914. The zero-order valence-corrected chi connectivity index (χ0v) is 15.0. The first-order valence-corrected chi connectivity index (χ1v) is 9.02. The first kappa shape index (κ1) is 17.5. The molecule has 0 radical (unpaired) electrons. The fourth-order valence-electron chi connectivity index (χ4n) is 3.24. The lowest BCUT2D eigenvalue weighted by Gasteiger charge is -2.20. The van der Waals surface area contributed by atoms with Gasteiger partial charge in [0.1, 0.15) is 17.3 Å². The maximum atomic E-state index is 13.1. The van der Waals surface area contributed by atoms with Crippen LogP contribution in [0.3, 0.4) is 0 Å². The standard InChI is InChI=1S/C19H21FN4O3/c1-23(10-15-8-17(27-22-15)12-2-3-12)19(26)21-14-9-18(25)24(11-14)16-6-4-13(20)5-7-16/h4-8,12,14H,2-3,9-11H2,1H3,(H,21,26). The van der Waals surface area contributed by atoms with Gasteiger partial charge >= 0.3 is 6.03 Å². The van der Waals surface area contributed by atoms with Crippen LogP contribution in [0.4, 0.5) is 14.9 Å². The highest BCUT2D eigenvalue weighted by molar-refractivity contribution is 5.96. The third-order valence-corrected chi connectivity index (χ3v) is 4.89. The summed E-state index contributed by atoms with van der Waals surface area (Å²) in [6.45, 7) is 0.699. The number of nitrogens with zero attached hydrogens (tertiary/aromatic N) is 3. The highest BCUT2D eigenvalue weighted by atomic mass is 19.1. The van der Waals surface area contributed by atoms with Gasteiger partial charge in [0.2, 0.25) is 5.91 Å². The molecule has 1 saturated heterocycles. The fourth-order valence-corrected chi connectivity index (χ4v) is 3.24. The summed E-state index contributed by atoms with van der Waals surface area (Å²) in [4.78, 5) is 27.7. The van der Waals surface area contributed by atoms with Crippen LogP contribution in [0.5, 0.6) is 0 Å². The van der Waals surface area contributed by atoms with E-state index in [-0.39, 0.29) is 30.2 Å². The molecule has 4 rings (SSSR count). The number of carbonyl (C=O) groups excluding carboxylic acids is 2. The Morgan fingerprint density at radius 3 is 2.81 bits per heavy atom. The van der Waals surface area contributed by atoms with Gasteiger partial charge in [0.15, 0.2) is 0 Å². The number of rotatable bonds is 5. The second-order valence-electron chi connectivity index (χ2n) is 7.18. The van der Waals surface area contributed by atoms with Crippen molar-refractivity contribution in [3.05, 3.63) is 47.6 Å². The van der Waals surface area contributed by atoms with Crippen molar-refractivity contribution in [1.82, 2.24) is 15.4 Å². The molecule has 1 aromatic carbocycles. The minimum absolute atomic E-state index is 0.0971. The molecule has 27 heavy (non-hydrogen) atoms. The highest BCUT2D eigenvalue weighted by Gasteiger charge is 2.32. The average Bonchev–Trinajstić information content (AvgIpc) is 3.29. The van der Waals surface area contributed by atoms with Crippen LogP contribution in [-0.2, 0) is 11.3 Å².